The number of halogens is 1. The molecule has 96 valence electrons. The van der Waals surface area contributed by atoms with Crippen LogP contribution in [0.1, 0.15) is 27.7 Å². The molecule has 1 rings (SSSR count). The lowest BCUT2D eigenvalue weighted by Gasteiger charge is -2.29. The van der Waals surface area contributed by atoms with Crippen molar-refractivity contribution in [1.29, 1.82) is 0 Å². The maximum absolute atomic E-state index is 5.94. The average molecular weight is 274 g/mol. The lowest BCUT2D eigenvalue weighted by Crippen LogP contribution is -2.28. The van der Waals surface area contributed by atoms with Crippen molar-refractivity contribution in [3.05, 3.63) is 11.2 Å². The molecule has 0 amide bonds. The fraction of sp³-hybridized carbons (Fsp3) is 0.667. The molecule has 0 aliphatic heterocycles. The molecule has 0 spiro atoms. The van der Waals surface area contributed by atoms with Gasteiger partial charge in [-0.1, -0.05) is 51.1 Å². The van der Waals surface area contributed by atoms with Crippen LogP contribution < -0.4 is 5.32 Å². The summed E-state index contributed by atoms with van der Waals surface area (Å²) < 4.78 is 0. The zero-order chi connectivity index (χ0) is 13.1. The first-order valence-corrected chi connectivity index (χ1v) is 7.28. The van der Waals surface area contributed by atoms with Gasteiger partial charge < -0.3 is 5.32 Å². The first-order chi connectivity index (χ1) is 7.85. The predicted octanol–water partition coefficient (Wildman–Crippen LogP) is 3.95. The molecule has 0 aliphatic carbocycles. The summed E-state index contributed by atoms with van der Waals surface area (Å²) in [6.45, 7) is 9.79. The first kappa shape index (κ1) is 14.6. The van der Waals surface area contributed by atoms with Crippen LogP contribution in [0.3, 0.4) is 0 Å². The van der Waals surface area contributed by atoms with Crippen molar-refractivity contribution in [3.8, 4) is 0 Å². The van der Waals surface area contributed by atoms with Gasteiger partial charge in [-0.05, 0) is 17.6 Å². The fourth-order valence-electron chi connectivity index (χ4n) is 1.10. The number of hydrogen-bond donors (Lipinski definition) is 1. The van der Waals surface area contributed by atoms with Crippen molar-refractivity contribution in [2.75, 3.05) is 18.1 Å². The Bertz CT molecular complexity index is 380. The van der Waals surface area contributed by atoms with Crippen LogP contribution in [0.15, 0.2) is 11.2 Å². The molecular formula is C12H20ClN3S. The minimum atomic E-state index is 0.219. The highest BCUT2D eigenvalue weighted by molar-refractivity contribution is 7.98. The summed E-state index contributed by atoms with van der Waals surface area (Å²) in [5, 5.41) is 4.51. The lowest BCUT2D eigenvalue weighted by atomic mass is 9.81. The normalized spacial score (nSPS) is 11.9. The van der Waals surface area contributed by atoms with Gasteiger partial charge in [0.25, 0.3) is 0 Å². The fourth-order valence-corrected chi connectivity index (χ4v) is 1.71. The standard InChI is InChI=1S/C12H20ClN3S/c1-8(2)12(3,4)7-14-10-6-9(13)15-11(16-10)17-5/h6,8H,7H2,1-5H3,(H,14,15,16). The minimum Gasteiger partial charge on any atom is -0.369 e. The Morgan fingerprint density at radius 1 is 1.41 bits per heavy atom. The van der Waals surface area contributed by atoms with E-state index < -0.39 is 0 Å². The molecule has 0 saturated carbocycles. The van der Waals surface area contributed by atoms with Gasteiger partial charge in [0.2, 0.25) is 0 Å². The molecule has 1 heterocycles. The molecule has 5 heteroatoms. The summed E-state index contributed by atoms with van der Waals surface area (Å²) in [6.07, 6.45) is 1.94. The van der Waals surface area contributed by atoms with Crippen LogP contribution in [0.25, 0.3) is 0 Å². The van der Waals surface area contributed by atoms with E-state index >= 15 is 0 Å². The van der Waals surface area contributed by atoms with Crippen LogP contribution in [0.2, 0.25) is 5.15 Å². The minimum absolute atomic E-state index is 0.219. The molecule has 0 fully saturated rings. The number of anilines is 1. The Kier molecular flexibility index (Phi) is 5.07. The summed E-state index contributed by atoms with van der Waals surface area (Å²) in [6, 6.07) is 1.76. The van der Waals surface area contributed by atoms with E-state index in [4.69, 9.17) is 11.6 Å². The number of thioether (sulfide) groups is 1. The molecule has 0 bridgehead atoms. The summed E-state index contributed by atoms with van der Waals surface area (Å²) in [4.78, 5) is 8.48. The molecule has 1 aromatic heterocycles. The highest BCUT2D eigenvalue weighted by atomic mass is 35.5. The first-order valence-electron chi connectivity index (χ1n) is 5.67. The Balaban J connectivity index is 2.72. The second kappa shape index (κ2) is 5.91. The van der Waals surface area contributed by atoms with E-state index in [9.17, 15) is 0 Å². The average Bonchev–Trinajstić information content (AvgIpc) is 2.25. The van der Waals surface area contributed by atoms with Gasteiger partial charge in [-0.3, -0.25) is 0 Å². The maximum atomic E-state index is 5.94. The number of rotatable bonds is 5. The largest absolute Gasteiger partial charge is 0.369 e. The Hall–Kier alpha value is -0.480. The highest BCUT2D eigenvalue weighted by Gasteiger charge is 2.22. The van der Waals surface area contributed by atoms with Crippen LogP contribution in [-0.4, -0.2) is 22.8 Å². The van der Waals surface area contributed by atoms with Gasteiger partial charge in [0.05, 0.1) is 0 Å². The quantitative estimate of drug-likeness (QED) is 0.501. The van der Waals surface area contributed by atoms with Crippen molar-refractivity contribution in [2.24, 2.45) is 11.3 Å². The molecule has 0 aliphatic rings. The second-order valence-corrected chi connectivity index (χ2v) is 6.22. The van der Waals surface area contributed by atoms with E-state index in [2.05, 4.69) is 43.0 Å². The van der Waals surface area contributed by atoms with Gasteiger partial charge in [-0.15, -0.1) is 0 Å². The van der Waals surface area contributed by atoms with Crippen LogP contribution in [0.5, 0.6) is 0 Å². The molecule has 0 aromatic carbocycles. The smallest absolute Gasteiger partial charge is 0.190 e. The number of nitrogens with one attached hydrogen (secondary N) is 1. The monoisotopic (exact) mass is 273 g/mol. The van der Waals surface area contributed by atoms with E-state index in [0.29, 0.717) is 16.2 Å². The summed E-state index contributed by atoms with van der Waals surface area (Å²) in [7, 11) is 0. The van der Waals surface area contributed by atoms with Gasteiger partial charge >= 0.3 is 0 Å². The predicted molar refractivity (Wildman–Crippen MR) is 75.9 cm³/mol. The van der Waals surface area contributed by atoms with E-state index in [1.807, 2.05) is 6.26 Å². The van der Waals surface area contributed by atoms with Gasteiger partial charge in [-0.2, -0.15) is 0 Å². The summed E-state index contributed by atoms with van der Waals surface area (Å²) >= 11 is 7.43. The maximum Gasteiger partial charge on any atom is 0.190 e. The molecule has 17 heavy (non-hydrogen) atoms. The van der Waals surface area contributed by atoms with Crippen molar-refractivity contribution in [1.82, 2.24) is 9.97 Å². The molecule has 0 unspecified atom stereocenters. The van der Waals surface area contributed by atoms with E-state index in [0.717, 1.165) is 12.4 Å². The molecule has 0 radical (unpaired) electrons. The second-order valence-electron chi connectivity index (χ2n) is 5.06. The van der Waals surface area contributed by atoms with Crippen molar-refractivity contribution >= 4 is 29.2 Å². The third-order valence-electron chi connectivity index (χ3n) is 3.15. The summed E-state index contributed by atoms with van der Waals surface area (Å²) in [5.41, 5.74) is 0.219. The number of nitrogens with zero attached hydrogens (tertiary/aromatic N) is 2. The van der Waals surface area contributed by atoms with Gasteiger partial charge in [0.15, 0.2) is 5.16 Å². The van der Waals surface area contributed by atoms with Gasteiger partial charge in [0, 0.05) is 12.6 Å². The molecule has 1 N–H and O–H groups in total. The highest BCUT2D eigenvalue weighted by Crippen LogP contribution is 2.26. The van der Waals surface area contributed by atoms with E-state index in [1.54, 1.807) is 6.07 Å². The summed E-state index contributed by atoms with van der Waals surface area (Å²) in [5.74, 6) is 1.40. The van der Waals surface area contributed by atoms with Crippen molar-refractivity contribution in [3.63, 3.8) is 0 Å². The Morgan fingerprint density at radius 2 is 2.06 bits per heavy atom. The SMILES string of the molecule is CSc1nc(Cl)cc(NCC(C)(C)C(C)C)n1. The number of hydrogen-bond acceptors (Lipinski definition) is 4. The molecule has 0 atom stereocenters. The lowest BCUT2D eigenvalue weighted by molar-refractivity contribution is 0.269. The van der Waals surface area contributed by atoms with Crippen LogP contribution in [0.4, 0.5) is 5.82 Å². The van der Waals surface area contributed by atoms with Crippen molar-refractivity contribution in [2.45, 2.75) is 32.9 Å². The van der Waals surface area contributed by atoms with Gasteiger partial charge in [0.1, 0.15) is 11.0 Å². The van der Waals surface area contributed by atoms with Crippen LogP contribution >= 0.6 is 23.4 Å². The zero-order valence-corrected chi connectivity index (χ0v) is 12.6. The van der Waals surface area contributed by atoms with Crippen LogP contribution in [-0.2, 0) is 0 Å². The zero-order valence-electron chi connectivity index (χ0n) is 11.0. The van der Waals surface area contributed by atoms with Crippen molar-refractivity contribution < 1.29 is 0 Å². The Labute approximate surface area is 113 Å². The molecule has 3 nitrogen and oxygen atoms in total. The Morgan fingerprint density at radius 3 is 2.59 bits per heavy atom. The third-order valence-corrected chi connectivity index (χ3v) is 3.89. The van der Waals surface area contributed by atoms with Gasteiger partial charge in [-0.25, -0.2) is 9.97 Å². The topological polar surface area (TPSA) is 37.8 Å². The third kappa shape index (κ3) is 4.36. The van der Waals surface area contributed by atoms with E-state index in [-0.39, 0.29) is 5.41 Å². The van der Waals surface area contributed by atoms with E-state index in [1.165, 1.54) is 11.8 Å². The molecule has 0 saturated heterocycles. The number of aromatic nitrogens is 2. The van der Waals surface area contributed by atoms with Crippen LogP contribution in [0, 0.1) is 11.3 Å². The molecule has 1 aromatic rings. The molecular weight excluding hydrogens is 254 g/mol.